The van der Waals surface area contributed by atoms with Gasteiger partial charge in [0.1, 0.15) is 23.1 Å². The minimum Gasteiger partial charge on any atom is -0.495 e. The number of methoxy groups -OCH3 is 1. The Morgan fingerprint density at radius 2 is 1.63 bits per heavy atom. The fourth-order valence-corrected chi connectivity index (χ4v) is 4.70. The molecule has 0 saturated carbocycles. The number of hydrogen-bond acceptors (Lipinski definition) is 7. The third kappa shape index (κ3) is 7.14. The first kappa shape index (κ1) is 28.0. The Bertz CT molecular complexity index is 1560. The molecule has 1 aliphatic rings. The first-order valence-electron chi connectivity index (χ1n) is 13.0. The summed E-state index contributed by atoms with van der Waals surface area (Å²) in [4.78, 5) is 24.4. The molecule has 2 N–H and O–H groups in total. The molecule has 2 heterocycles. The number of anilines is 2. The number of fused-ring (bicyclic) bond motifs is 1. The number of benzene rings is 3. The van der Waals surface area contributed by atoms with Crippen molar-refractivity contribution < 1.29 is 32.2 Å². The van der Waals surface area contributed by atoms with Crippen LogP contribution in [-0.2, 0) is 6.54 Å². The van der Waals surface area contributed by atoms with Crippen molar-refractivity contribution in [2.75, 3.05) is 30.8 Å². The maximum Gasteiger partial charge on any atom is 0.573 e. The predicted octanol–water partition coefficient (Wildman–Crippen LogP) is 6.88. The number of urea groups is 1. The zero-order chi connectivity index (χ0) is 29.0. The standard InChI is InChI=1S/C29H28F3N5O4/c1-18-15-27(36-26(33-18)17-37-13-5-6-14-37)40-24-12-10-22(20-7-3-4-8-21(20)24)34-28(38)35-23-16-19(41-29(30,31)32)9-11-25(23)39-2/h3-4,7-12,15-16H,5-6,13-14,17H2,1-2H3,(H2,34,35,38). The van der Waals surface area contributed by atoms with E-state index >= 15 is 0 Å². The van der Waals surface area contributed by atoms with Crippen molar-refractivity contribution in [3.05, 3.63) is 72.2 Å². The minimum absolute atomic E-state index is 0.000116. The SMILES string of the molecule is COc1ccc(OC(F)(F)F)cc1NC(=O)Nc1ccc(Oc2cc(C)nc(CN3CCCC3)n2)c2ccccc12. The number of carbonyl (C=O) groups excluding carboxylic acids is 1. The first-order valence-corrected chi connectivity index (χ1v) is 13.0. The van der Waals surface area contributed by atoms with Crippen LogP contribution in [0, 0.1) is 6.92 Å². The van der Waals surface area contributed by atoms with Crippen LogP contribution in [0.15, 0.2) is 60.7 Å². The smallest absolute Gasteiger partial charge is 0.495 e. The van der Waals surface area contributed by atoms with Crippen LogP contribution in [0.5, 0.6) is 23.1 Å². The molecule has 1 aliphatic heterocycles. The number of nitrogens with zero attached hydrogens (tertiary/aromatic N) is 3. The summed E-state index contributed by atoms with van der Waals surface area (Å²) in [7, 11) is 1.34. The molecule has 0 spiro atoms. The summed E-state index contributed by atoms with van der Waals surface area (Å²) >= 11 is 0. The highest BCUT2D eigenvalue weighted by molar-refractivity contribution is 6.08. The molecule has 4 aromatic rings. The van der Waals surface area contributed by atoms with Crippen molar-refractivity contribution in [3.63, 3.8) is 0 Å². The Morgan fingerprint density at radius 3 is 2.37 bits per heavy atom. The normalized spacial score (nSPS) is 13.7. The van der Waals surface area contributed by atoms with Crippen molar-refractivity contribution in [1.82, 2.24) is 14.9 Å². The Hall–Kier alpha value is -4.58. The van der Waals surface area contributed by atoms with Gasteiger partial charge in [0.05, 0.1) is 25.0 Å². The second-order valence-electron chi connectivity index (χ2n) is 9.49. The molecule has 0 radical (unpaired) electrons. The maximum absolute atomic E-state index is 12.9. The average molecular weight is 568 g/mol. The van der Waals surface area contributed by atoms with E-state index in [-0.39, 0.29) is 11.4 Å². The van der Waals surface area contributed by atoms with E-state index in [0.29, 0.717) is 35.1 Å². The fourth-order valence-electron chi connectivity index (χ4n) is 4.70. The number of rotatable bonds is 8. The van der Waals surface area contributed by atoms with Crippen molar-refractivity contribution in [2.45, 2.75) is 32.7 Å². The summed E-state index contributed by atoms with van der Waals surface area (Å²) in [5.74, 6) is 1.32. The lowest BCUT2D eigenvalue weighted by Crippen LogP contribution is -2.21. The second kappa shape index (κ2) is 11.9. The van der Waals surface area contributed by atoms with E-state index in [1.165, 1.54) is 26.0 Å². The molecule has 2 amide bonds. The number of carbonyl (C=O) groups is 1. The maximum atomic E-state index is 12.9. The van der Waals surface area contributed by atoms with Crippen LogP contribution >= 0.6 is 0 Å². The van der Waals surface area contributed by atoms with Gasteiger partial charge < -0.3 is 24.8 Å². The zero-order valence-electron chi connectivity index (χ0n) is 22.4. The van der Waals surface area contributed by atoms with Gasteiger partial charge in [0, 0.05) is 28.6 Å². The van der Waals surface area contributed by atoms with Gasteiger partial charge in [-0.05, 0) is 57.1 Å². The summed E-state index contributed by atoms with van der Waals surface area (Å²) in [6, 6.07) is 15.2. The topological polar surface area (TPSA) is 97.8 Å². The van der Waals surface area contributed by atoms with Crippen LogP contribution < -0.4 is 24.8 Å². The van der Waals surface area contributed by atoms with Gasteiger partial charge >= 0.3 is 12.4 Å². The lowest BCUT2D eigenvalue weighted by molar-refractivity contribution is -0.274. The highest BCUT2D eigenvalue weighted by Gasteiger charge is 2.31. The number of ether oxygens (including phenoxy) is 3. The lowest BCUT2D eigenvalue weighted by atomic mass is 10.1. The molecule has 214 valence electrons. The number of hydrogen-bond donors (Lipinski definition) is 2. The largest absolute Gasteiger partial charge is 0.573 e. The van der Waals surface area contributed by atoms with Crippen LogP contribution in [-0.4, -0.2) is 47.5 Å². The number of alkyl halides is 3. The molecule has 1 aromatic heterocycles. The Morgan fingerprint density at radius 1 is 0.927 bits per heavy atom. The van der Waals surface area contributed by atoms with Gasteiger partial charge in [0.25, 0.3) is 0 Å². The quantitative estimate of drug-likeness (QED) is 0.240. The lowest BCUT2D eigenvalue weighted by Gasteiger charge is -2.16. The van der Waals surface area contributed by atoms with Crippen LogP contribution in [0.3, 0.4) is 0 Å². The number of halogens is 3. The van der Waals surface area contributed by atoms with Gasteiger partial charge in [-0.2, -0.15) is 4.98 Å². The van der Waals surface area contributed by atoms with Gasteiger partial charge in [-0.15, -0.1) is 13.2 Å². The highest BCUT2D eigenvalue weighted by atomic mass is 19.4. The van der Waals surface area contributed by atoms with Gasteiger partial charge in [-0.3, -0.25) is 4.90 Å². The number of aryl methyl sites for hydroxylation is 1. The van der Waals surface area contributed by atoms with E-state index in [1.807, 2.05) is 31.2 Å². The molecule has 0 bridgehead atoms. The number of aromatic nitrogens is 2. The van der Waals surface area contributed by atoms with Crippen molar-refractivity contribution in [3.8, 4) is 23.1 Å². The number of nitrogens with one attached hydrogen (secondary N) is 2. The molecule has 9 nitrogen and oxygen atoms in total. The molecule has 3 aromatic carbocycles. The molecule has 0 aliphatic carbocycles. The van der Waals surface area contributed by atoms with Crippen LogP contribution in [0.1, 0.15) is 24.4 Å². The fraction of sp³-hybridized carbons (Fsp3) is 0.276. The molecule has 1 fully saturated rings. The molecule has 5 rings (SSSR count). The third-order valence-corrected chi connectivity index (χ3v) is 6.44. The second-order valence-corrected chi connectivity index (χ2v) is 9.49. The van der Waals surface area contributed by atoms with Gasteiger partial charge in [0.2, 0.25) is 5.88 Å². The molecule has 12 heteroatoms. The molecular formula is C29H28F3N5O4. The van der Waals surface area contributed by atoms with E-state index in [0.717, 1.165) is 36.3 Å². The molecule has 1 saturated heterocycles. The van der Waals surface area contributed by atoms with E-state index in [4.69, 9.17) is 9.47 Å². The Balaban J connectivity index is 1.35. The van der Waals surface area contributed by atoms with E-state index in [1.54, 1.807) is 18.2 Å². The molecule has 0 unspecified atom stereocenters. The van der Waals surface area contributed by atoms with E-state index in [2.05, 4.69) is 30.2 Å². The highest BCUT2D eigenvalue weighted by Crippen LogP contribution is 2.35. The molecular weight excluding hydrogens is 539 g/mol. The monoisotopic (exact) mass is 567 g/mol. The average Bonchev–Trinajstić information content (AvgIpc) is 3.42. The van der Waals surface area contributed by atoms with Crippen LogP contribution in [0.2, 0.25) is 0 Å². The van der Waals surface area contributed by atoms with E-state index < -0.39 is 18.1 Å². The van der Waals surface area contributed by atoms with Gasteiger partial charge in [-0.1, -0.05) is 24.3 Å². The summed E-state index contributed by atoms with van der Waals surface area (Å²) in [6.07, 6.45) is -2.53. The van der Waals surface area contributed by atoms with Gasteiger partial charge in [-0.25, -0.2) is 9.78 Å². The van der Waals surface area contributed by atoms with E-state index in [9.17, 15) is 18.0 Å². The van der Waals surface area contributed by atoms with Crippen molar-refractivity contribution >= 4 is 28.2 Å². The summed E-state index contributed by atoms with van der Waals surface area (Å²) < 4.78 is 53.3. The molecule has 0 atom stereocenters. The van der Waals surface area contributed by atoms with Crippen molar-refractivity contribution in [2.24, 2.45) is 0 Å². The summed E-state index contributed by atoms with van der Waals surface area (Å²) in [5.41, 5.74) is 1.25. The Kier molecular flexibility index (Phi) is 8.11. The van der Waals surface area contributed by atoms with Crippen LogP contribution in [0.4, 0.5) is 29.3 Å². The Labute approximate surface area is 234 Å². The van der Waals surface area contributed by atoms with Gasteiger partial charge in [0.15, 0.2) is 0 Å². The minimum atomic E-state index is -4.88. The first-order chi connectivity index (χ1) is 19.7. The summed E-state index contributed by atoms with van der Waals surface area (Å²) in [6.45, 7) is 4.61. The van der Waals surface area contributed by atoms with Crippen LogP contribution in [0.25, 0.3) is 10.8 Å². The summed E-state index contributed by atoms with van der Waals surface area (Å²) in [5, 5.41) is 6.68. The number of likely N-dealkylation sites (tertiary alicyclic amines) is 1. The molecule has 41 heavy (non-hydrogen) atoms. The van der Waals surface area contributed by atoms with Crippen molar-refractivity contribution in [1.29, 1.82) is 0 Å². The zero-order valence-corrected chi connectivity index (χ0v) is 22.4. The number of amides is 2. The third-order valence-electron chi connectivity index (χ3n) is 6.44. The predicted molar refractivity (Wildman–Crippen MR) is 148 cm³/mol.